The van der Waals surface area contributed by atoms with Crippen LogP contribution in [0, 0.1) is 0 Å². The van der Waals surface area contributed by atoms with Crippen LogP contribution in [0.15, 0.2) is 30.3 Å². The molecule has 0 saturated carbocycles. The lowest BCUT2D eigenvalue weighted by molar-refractivity contribution is -0.141. The highest BCUT2D eigenvalue weighted by Crippen LogP contribution is 2.21. The van der Waals surface area contributed by atoms with Crippen molar-refractivity contribution in [2.75, 3.05) is 5.75 Å². The fourth-order valence-electron chi connectivity index (χ4n) is 1.71. The van der Waals surface area contributed by atoms with E-state index < -0.39 is 12.0 Å². The van der Waals surface area contributed by atoms with Gasteiger partial charge in [-0.2, -0.15) is 0 Å². The quantitative estimate of drug-likeness (QED) is 0.838. The monoisotopic (exact) mass is 251 g/mol. The van der Waals surface area contributed by atoms with Gasteiger partial charge in [-0.3, -0.25) is 4.79 Å². The summed E-state index contributed by atoms with van der Waals surface area (Å²) in [5, 5.41) is 11.1. The number of hydrogen-bond acceptors (Lipinski definition) is 3. The summed E-state index contributed by atoms with van der Waals surface area (Å²) >= 11 is 1.41. The molecule has 17 heavy (non-hydrogen) atoms. The molecule has 1 amide bonds. The highest BCUT2D eigenvalue weighted by molar-refractivity contribution is 8.00. The molecule has 5 heteroatoms. The normalized spacial score (nSPS) is 24.1. The second kappa shape index (κ2) is 5.23. The van der Waals surface area contributed by atoms with Crippen LogP contribution in [0.25, 0.3) is 0 Å². The first-order chi connectivity index (χ1) is 8.16. The molecule has 2 rings (SSSR count). The number of carbonyl (C=O) groups is 2. The highest BCUT2D eigenvalue weighted by Gasteiger charge is 2.31. The predicted octanol–water partition coefficient (Wildman–Crippen LogP) is 0.914. The molecule has 0 aromatic heterocycles. The van der Waals surface area contributed by atoms with E-state index in [1.807, 2.05) is 30.3 Å². The Morgan fingerprint density at radius 3 is 2.71 bits per heavy atom. The minimum absolute atomic E-state index is 0.183. The summed E-state index contributed by atoms with van der Waals surface area (Å²) in [5.74, 6) is -0.722. The lowest BCUT2D eigenvalue weighted by atomic mass is 10.1. The van der Waals surface area contributed by atoms with Crippen molar-refractivity contribution >= 4 is 23.6 Å². The zero-order valence-electron chi connectivity index (χ0n) is 9.13. The highest BCUT2D eigenvalue weighted by atomic mass is 32.2. The van der Waals surface area contributed by atoms with Gasteiger partial charge in [0.2, 0.25) is 5.91 Å². The van der Waals surface area contributed by atoms with Crippen LogP contribution >= 0.6 is 11.8 Å². The number of aliphatic carboxylic acids is 1. The van der Waals surface area contributed by atoms with Crippen molar-refractivity contribution in [1.29, 1.82) is 0 Å². The number of carboxylic acids is 1. The van der Waals surface area contributed by atoms with Gasteiger partial charge in [0, 0.05) is 5.75 Å². The van der Waals surface area contributed by atoms with Gasteiger partial charge in [0.1, 0.15) is 6.04 Å². The van der Waals surface area contributed by atoms with Crippen molar-refractivity contribution in [1.82, 2.24) is 5.32 Å². The summed E-state index contributed by atoms with van der Waals surface area (Å²) < 4.78 is 0. The molecule has 0 radical (unpaired) electrons. The lowest BCUT2D eigenvalue weighted by Gasteiger charge is -2.26. The van der Waals surface area contributed by atoms with Crippen LogP contribution in [-0.2, 0) is 16.0 Å². The van der Waals surface area contributed by atoms with Gasteiger partial charge in [-0.05, 0) is 12.0 Å². The van der Waals surface area contributed by atoms with Gasteiger partial charge in [0.25, 0.3) is 0 Å². The molecule has 2 N–H and O–H groups in total. The Kier molecular flexibility index (Phi) is 3.68. The van der Waals surface area contributed by atoms with Gasteiger partial charge in [0.15, 0.2) is 0 Å². The Balaban J connectivity index is 1.96. The number of amides is 1. The van der Waals surface area contributed by atoms with E-state index in [4.69, 9.17) is 5.11 Å². The number of nitrogens with one attached hydrogen (secondary N) is 1. The summed E-state index contributed by atoms with van der Waals surface area (Å²) in [7, 11) is 0. The molecule has 90 valence electrons. The Labute approximate surface area is 103 Å². The molecule has 1 aromatic rings. The molecule has 4 nitrogen and oxygen atoms in total. The zero-order chi connectivity index (χ0) is 12.3. The number of carboxylic acid groups (broad SMARTS) is 1. The van der Waals surface area contributed by atoms with Gasteiger partial charge in [-0.1, -0.05) is 30.3 Å². The molecule has 1 aromatic carbocycles. The maximum absolute atomic E-state index is 11.7. The van der Waals surface area contributed by atoms with Crippen LogP contribution in [0.1, 0.15) is 5.56 Å². The summed E-state index contributed by atoms with van der Waals surface area (Å²) in [6.07, 6.45) is 0.643. The number of benzene rings is 1. The van der Waals surface area contributed by atoms with Crippen molar-refractivity contribution in [3.63, 3.8) is 0 Å². The summed E-state index contributed by atoms with van der Waals surface area (Å²) in [6, 6.07) is 8.98. The van der Waals surface area contributed by atoms with Crippen molar-refractivity contribution in [3.8, 4) is 0 Å². The third-order valence-corrected chi connectivity index (χ3v) is 3.94. The minimum atomic E-state index is -0.969. The number of thioether (sulfide) groups is 1. The van der Waals surface area contributed by atoms with Gasteiger partial charge in [-0.25, -0.2) is 4.79 Å². The number of rotatable bonds is 3. The molecule has 1 aliphatic rings. The van der Waals surface area contributed by atoms with E-state index in [9.17, 15) is 9.59 Å². The topological polar surface area (TPSA) is 66.4 Å². The average Bonchev–Trinajstić information content (AvgIpc) is 2.33. The molecular weight excluding hydrogens is 238 g/mol. The van der Waals surface area contributed by atoms with Crippen LogP contribution in [-0.4, -0.2) is 34.0 Å². The molecule has 1 heterocycles. The first-order valence-electron chi connectivity index (χ1n) is 5.35. The minimum Gasteiger partial charge on any atom is -0.480 e. The largest absolute Gasteiger partial charge is 0.480 e. The van der Waals surface area contributed by atoms with E-state index in [-0.39, 0.29) is 11.2 Å². The maximum Gasteiger partial charge on any atom is 0.327 e. The number of carbonyl (C=O) groups excluding carboxylic acids is 1. The van der Waals surface area contributed by atoms with Crippen LogP contribution in [0.4, 0.5) is 0 Å². The van der Waals surface area contributed by atoms with E-state index >= 15 is 0 Å². The van der Waals surface area contributed by atoms with E-state index in [2.05, 4.69) is 5.32 Å². The van der Waals surface area contributed by atoms with Gasteiger partial charge in [-0.15, -0.1) is 11.8 Å². The Hall–Kier alpha value is -1.49. The standard InChI is InChI=1S/C12H13NO3S/c14-11-10(6-8-4-2-1-3-5-8)17-7-9(13-11)12(15)16/h1-5,9-10H,6-7H2,(H,13,14)(H,15,16). The van der Waals surface area contributed by atoms with Crippen LogP contribution < -0.4 is 5.32 Å². The van der Waals surface area contributed by atoms with Crippen LogP contribution in [0.3, 0.4) is 0 Å². The average molecular weight is 251 g/mol. The maximum atomic E-state index is 11.7. The van der Waals surface area contributed by atoms with Gasteiger partial charge in [0.05, 0.1) is 5.25 Å². The third kappa shape index (κ3) is 3.00. The summed E-state index contributed by atoms with van der Waals surface area (Å²) in [4.78, 5) is 22.5. The molecule has 0 aliphatic carbocycles. The Morgan fingerprint density at radius 1 is 1.41 bits per heavy atom. The molecular formula is C12H13NO3S. The molecule has 2 unspecified atom stereocenters. The Bertz CT molecular complexity index is 421. The van der Waals surface area contributed by atoms with Crippen molar-refractivity contribution in [2.45, 2.75) is 17.7 Å². The lowest BCUT2D eigenvalue weighted by Crippen LogP contribution is -2.51. The molecule has 2 atom stereocenters. The van der Waals surface area contributed by atoms with Gasteiger partial charge >= 0.3 is 5.97 Å². The van der Waals surface area contributed by atoms with E-state index in [1.165, 1.54) is 11.8 Å². The van der Waals surface area contributed by atoms with Crippen molar-refractivity contribution in [2.24, 2.45) is 0 Å². The molecule has 0 bridgehead atoms. The first kappa shape index (κ1) is 12.0. The fourth-order valence-corrected chi connectivity index (χ4v) is 2.89. The molecule has 1 fully saturated rings. The van der Waals surface area contributed by atoms with Crippen molar-refractivity contribution < 1.29 is 14.7 Å². The fraction of sp³-hybridized carbons (Fsp3) is 0.333. The molecule has 1 saturated heterocycles. The second-order valence-electron chi connectivity index (χ2n) is 3.91. The smallest absolute Gasteiger partial charge is 0.327 e. The van der Waals surface area contributed by atoms with E-state index in [0.717, 1.165) is 5.56 Å². The summed E-state index contributed by atoms with van der Waals surface area (Å²) in [6.45, 7) is 0. The first-order valence-corrected chi connectivity index (χ1v) is 6.40. The van der Waals surface area contributed by atoms with E-state index in [1.54, 1.807) is 0 Å². The van der Waals surface area contributed by atoms with Gasteiger partial charge < -0.3 is 10.4 Å². The second-order valence-corrected chi connectivity index (χ2v) is 5.15. The van der Waals surface area contributed by atoms with E-state index in [0.29, 0.717) is 12.2 Å². The third-order valence-electron chi connectivity index (χ3n) is 2.64. The SMILES string of the molecule is O=C(O)C1CSC(Cc2ccccc2)C(=O)N1. The Morgan fingerprint density at radius 2 is 2.12 bits per heavy atom. The van der Waals surface area contributed by atoms with Crippen molar-refractivity contribution in [3.05, 3.63) is 35.9 Å². The summed E-state index contributed by atoms with van der Waals surface area (Å²) in [5.41, 5.74) is 1.09. The predicted molar refractivity (Wildman–Crippen MR) is 66.0 cm³/mol. The number of hydrogen-bond donors (Lipinski definition) is 2. The molecule has 1 aliphatic heterocycles. The molecule has 0 spiro atoms. The van der Waals surface area contributed by atoms with Crippen LogP contribution in [0.2, 0.25) is 0 Å². The zero-order valence-corrected chi connectivity index (χ0v) is 9.94. The van der Waals surface area contributed by atoms with Crippen LogP contribution in [0.5, 0.6) is 0 Å².